The van der Waals surface area contributed by atoms with Gasteiger partial charge in [-0.2, -0.15) is 0 Å². The van der Waals surface area contributed by atoms with Crippen LogP contribution in [0.25, 0.3) is 0 Å². The molecule has 158 valence electrons. The van der Waals surface area contributed by atoms with E-state index in [1.165, 1.54) is 11.3 Å². The maximum atomic E-state index is 12.7. The van der Waals surface area contributed by atoms with E-state index >= 15 is 0 Å². The van der Waals surface area contributed by atoms with Gasteiger partial charge in [-0.15, -0.1) is 11.3 Å². The lowest BCUT2D eigenvalue weighted by atomic mass is 10.3. The molecule has 2 rings (SSSR count). The average molecular weight is 423 g/mol. The molecule has 1 aromatic carbocycles. The number of nitrogens with zero attached hydrogens (tertiary/aromatic N) is 2. The summed E-state index contributed by atoms with van der Waals surface area (Å²) >= 11 is 1.33. The summed E-state index contributed by atoms with van der Waals surface area (Å²) in [6, 6.07) is 6.77. The number of hydrogen-bond donors (Lipinski definition) is 2. The summed E-state index contributed by atoms with van der Waals surface area (Å²) in [4.78, 5) is 30.7. The van der Waals surface area contributed by atoms with E-state index in [9.17, 15) is 9.59 Å². The molecule has 2 N–H and O–H groups in total. The van der Waals surface area contributed by atoms with Gasteiger partial charge < -0.3 is 29.7 Å². The van der Waals surface area contributed by atoms with E-state index in [2.05, 4.69) is 15.6 Å². The largest absolute Gasteiger partial charge is 0.497 e. The second kappa shape index (κ2) is 12.0. The molecule has 0 bridgehead atoms. The highest BCUT2D eigenvalue weighted by Crippen LogP contribution is 2.17. The van der Waals surface area contributed by atoms with Crippen molar-refractivity contribution in [2.45, 2.75) is 6.54 Å². The Morgan fingerprint density at radius 1 is 1.10 bits per heavy atom. The molecule has 0 unspecified atom stereocenters. The lowest BCUT2D eigenvalue weighted by Gasteiger charge is -2.22. The average Bonchev–Trinajstić information content (AvgIpc) is 3.20. The summed E-state index contributed by atoms with van der Waals surface area (Å²) in [7, 11) is 4.73. The molecule has 1 heterocycles. The van der Waals surface area contributed by atoms with Gasteiger partial charge in [0.1, 0.15) is 16.5 Å². The van der Waals surface area contributed by atoms with Crippen LogP contribution < -0.4 is 15.4 Å². The fraction of sp³-hybridized carbons (Fsp3) is 0.421. The van der Waals surface area contributed by atoms with Crippen LogP contribution in [0.4, 0.5) is 10.5 Å². The fourth-order valence-electron chi connectivity index (χ4n) is 2.34. The van der Waals surface area contributed by atoms with E-state index in [4.69, 9.17) is 14.2 Å². The number of benzene rings is 1. The third kappa shape index (κ3) is 7.33. The minimum Gasteiger partial charge on any atom is -0.497 e. The smallest absolute Gasteiger partial charge is 0.322 e. The summed E-state index contributed by atoms with van der Waals surface area (Å²) in [6.07, 6.45) is 0. The molecule has 1 aromatic heterocycles. The van der Waals surface area contributed by atoms with Gasteiger partial charge in [0.15, 0.2) is 0 Å². The molecule has 0 spiro atoms. The van der Waals surface area contributed by atoms with Crippen LogP contribution in [0.5, 0.6) is 5.75 Å². The first-order valence-electron chi connectivity index (χ1n) is 8.97. The van der Waals surface area contributed by atoms with Gasteiger partial charge in [0.2, 0.25) is 0 Å². The van der Waals surface area contributed by atoms with Gasteiger partial charge in [-0.3, -0.25) is 4.79 Å². The highest BCUT2D eigenvalue weighted by atomic mass is 32.1. The monoisotopic (exact) mass is 422 g/mol. The fourth-order valence-corrected chi connectivity index (χ4v) is 3.13. The minimum absolute atomic E-state index is 0.265. The van der Waals surface area contributed by atoms with Crippen LogP contribution in [0, 0.1) is 0 Å². The summed E-state index contributed by atoms with van der Waals surface area (Å²) in [5, 5.41) is 7.90. The Labute approximate surface area is 174 Å². The number of methoxy groups -OCH3 is 3. The first kappa shape index (κ1) is 22.6. The quantitative estimate of drug-likeness (QED) is 0.539. The molecule has 0 aliphatic rings. The maximum Gasteiger partial charge on any atom is 0.322 e. The van der Waals surface area contributed by atoms with Crippen LogP contribution in [0.2, 0.25) is 0 Å². The Kier molecular flexibility index (Phi) is 9.35. The number of ether oxygens (including phenoxy) is 3. The SMILES string of the molecule is COCCNC(=O)c1csc(CN(CCOC)C(=O)Nc2ccc(OC)cc2)n1. The van der Waals surface area contributed by atoms with Crippen molar-refractivity contribution in [2.24, 2.45) is 0 Å². The van der Waals surface area contributed by atoms with Crippen molar-refractivity contribution in [2.75, 3.05) is 52.9 Å². The third-order valence-corrected chi connectivity index (χ3v) is 4.73. The van der Waals surface area contributed by atoms with Gasteiger partial charge in [0.25, 0.3) is 5.91 Å². The highest BCUT2D eigenvalue weighted by Gasteiger charge is 2.17. The van der Waals surface area contributed by atoms with Crippen LogP contribution in [-0.2, 0) is 16.0 Å². The molecule has 29 heavy (non-hydrogen) atoms. The van der Waals surface area contributed by atoms with E-state index < -0.39 is 0 Å². The molecule has 10 heteroatoms. The second-order valence-electron chi connectivity index (χ2n) is 5.95. The number of carbonyl (C=O) groups excluding carboxylic acids is 2. The van der Waals surface area contributed by atoms with Crippen LogP contribution in [0.15, 0.2) is 29.6 Å². The van der Waals surface area contributed by atoms with Crippen LogP contribution >= 0.6 is 11.3 Å². The van der Waals surface area contributed by atoms with E-state index in [0.29, 0.717) is 48.4 Å². The molecule has 9 nitrogen and oxygen atoms in total. The number of urea groups is 1. The second-order valence-corrected chi connectivity index (χ2v) is 6.89. The van der Waals surface area contributed by atoms with Crippen molar-refractivity contribution < 1.29 is 23.8 Å². The molecular formula is C19H26N4O5S. The predicted molar refractivity (Wildman–Crippen MR) is 111 cm³/mol. The van der Waals surface area contributed by atoms with E-state index in [-0.39, 0.29) is 18.5 Å². The highest BCUT2D eigenvalue weighted by molar-refractivity contribution is 7.09. The number of hydrogen-bond acceptors (Lipinski definition) is 7. The standard InChI is InChI=1S/C19H26N4O5S/c1-26-10-8-20-18(24)16-13-29-17(22-16)12-23(9-11-27-2)19(25)21-14-4-6-15(28-3)7-5-14/h4-7,13H,8-12H2,1-3H3,(H,20,24)(H,21,25). The van der Waals surface area contributed by atoms with E-state index in [0.717, 1.165) is 0 Å². The molecule has 3 amide bonds. The summed E-state index contributed by atoms with van der Waals surface area (Å²) in [5.41, 5.74) is 0.971. The molecule has 0 saturated carbocycles. The zero-order valence-corrected chi connectivity index (χ0v) is 17.6. The molecular weight excluding hydrogens is 396 g/mol. The Morgan fingerprint density at radius 3 is 2.48 bits per heavy atom. The zero-order valence-electron chi connectivity index (χ0n) is 16.8. The van der Waals surface area contributed by atoms with Gasteiger partial charge in [-0.1, -0.05) is 0 Å². The zero-order chi connectivity index (χ0) is 21.1. The van der Waals surface area contributed by atoms with E-state index in [1.807, 2.05) is 0 Å². The maximum absolute atomic E-state index is 12.7. The van der Waals surface area contributed by atoms with Gasteiger partial charge >= 0.3 is 6.03 Å². The molecule has 0 fully saturated rings. The lowest BCUT2D eigenvalue weighted by molar-refractivity contribution is 0.0932. The van der Waals surface area contributed by atoms with Gasteiger partial charge in [-0.05, 0) is 24.3 Å². The van der Waals surface area contributed by atoms with Crippen molar-refractivity contribution in [1.82, 2.24) is 15.2 Å². The Morgan fingerprint density at radius 2 is 1.83 bits per heavy atom. The molecule has 2 aromatic rings. The summed E-state index contributed by atoms with van der Waals surface area (Å²) in [5.74, 6) is 0.439. The number of rotatable bonds is 11. The summed E-state index contributed by atoms with van der Waals surface area (Å²) in [6.45, 7) is 1.87. The number of amides is 3. The molecule has 0 radical (unpaired) electrons. The van der Waals surface area contributed by atoms with Crippen molar-refractivity contribution >= 4 is 29.0 Å². The van der Waals surface area contributed by atoms with Crippen molar-refractivity contribution in [1.29, 1.82) is 0 Å². The molecule has 0 saturated heterocycles. The number of thiazole rings is 1. The third-order valence-electron chi connectivity index (χ3n) is 3.90. The topological polar surface area (TPSA) is 102 Å². The first-order valence-corrected chi connectivity index (χ1v) is 9.85. The van der Waals surface area contributed by atoms with Crippen molar-refractivity contribution in [3.63, 3.8) is 0 Å². The van der Waals surface area contributed by atoms with Crippen LogP contribution in [0.3, 0.4) is 0 Å². The van der Waals surface area contributed by atoms with Crippen LogP contribution in [0.1, 0.15) is 15.5 Å². The van der Waals surface area contributed by atoms with E-state index in [1.54, 1.807) is 55.9 Å². The van der Waals surface area contributed by atoms with Crippen molar-refractivity contribution in [3.05, 3.63) is 40.3 Å². The van der Waals surface area contributed by atoms with Crippen LogP contribution in [-0.4, -0.2) is 69.5 Å². The molecule has 0 atom stereocenters. The Balaban J connectivity index is 2.00. The molecule has 0 aliphatic heterocycles. The molecule has 0 aliphatic carbocycles. The number of aromatic nitrogens is 1. The van der Waals surface area contributed by atoms with Gasteiger partial charge in [0.05, 0.1) is 26.9 Å². The van der Waals surface area contributed by atoms with Crippen molar-refractivity contribution in [3.8, 4) is 5.75 Å². The Hall–Kier alpha value is -2.69. The number of nitrogens with one attached hydrogen (secondary N) is 2. The van der Waals surface area contributed by atoms with Gasteiger partial charge in [-0.25, -0.2) is 9.78 Å². The number of anilines is 1. The Bertz CT molecular complexity index is 781. The summed E-state index contributed by atoms with van der Waals surface area (Å²) < 4.78 is 15.1. The first-order chi connectivity index (χ1) is 14.1. The normalized spacial score (nSPS) is 10.4. The van der Waals surface area contributed by atoms with Gasteiger partial charge in [0, 0.05) is 38.4 Å². The predicted octanol–water partition coefficient (Wildman–Crippen LogP) is 2.21. The lowest BCUT2D eigenvalue weighted by Crippen LogP contribution is -2.36. The minimum atomic E-state index is -0.284. The number of carbonyl (C=O) groups is 2.